The first-order chi connectivity index (χ1) is 37.2. The van der Waals surface area contributed by atoms with E-state index in [-0.39, 0.29) is 0 Å². The summed E-state index contributed by atoms with van der Waals surface area (Å²) in [6.45, 7) is 0. The van der Waals surface area contributed by atoms with Crippen molar-refractivity contribution in [1.82, 2.24) is 0 Å². The number of hydrogen-bond donors (Lipinski definition) is 0. The molecule has 16 rings (SSSR count). The molecular formula is C72H45NOS. The van der Waals surface area contributed by atoms with Crippen LogP contribution in [-0.2, 0) is 10.8 Å². The Morgan fingerprint density at radius 2 is 0.747 bits per heavy atom. The largest absolute Gasteiger partial charge is 0.457 e. The van der Waals surface area contributed by atoms with Crippen molar-refractivity contribution >= 4 is 39.6 Å². The molecule has 2 aliphatic carbocycles. The molecule has 0 saturated heterocycles. The highest BCUT2D eigenvalue weighted by Gasteiger charge is 2.52. The van der Waals surface area contributed by atoms with Crippen LogP contribution in [0.5, 0.6) is 11.5 Å². The molecule has 12 aromatic carbocycles. The zero-order valence-electron chi connectivity index (χ0n) is 40.7. The molecular weight excluding hydrogens is 927 g/mol. The third-order valence-corrected chi connectivity index (χ3v) is 17.7. The van der Waals surface area contributed by atoms with Gasteiger partial charge in [0.05, 0.1) is 16.5 Å². The number of anilines is 3. The van der Waals surface area contributed by atoms with E-state index in [2.05, 4.69) is 278 Å². The van der Waals surface area contributed by atoms with Crippen molar-refractivity contribution in [3.05, 3.63) is 317 Å². The lowest BCUT2D eigenvalue weighted by Gasteiger charge is -2.41. The second-order valence-electron chi connectivity index (χ2n) is 20.2. The smallest absolute Gasteiger partial charge is 0.132 e. The van der Waals surface area contributed by atoms with Gasteiger partial charge < -0.3 is 9.64 Å². The fourth-order valence-corrected chi connectivity index (χ4v) is 14.9. The van der Waals surface area contributed by atoms with Crippen LogP contribution in [0.4, 0.5) is 17.1 Å². The minimum atomic E-state index is -0.625. The molecule has 0 unspecified atom stereocenters. The third-order valence-electron chi connectivity index (χ3n) is 16.6. The molecule has 3 heteroatoms. The summed E-state index contributed by atoms with van der Waals surface area (Å²) in [6, 6.07) is 101. The highest BCUT2D eigenvalue weighted by atomic mass is 32.2. The summed E-state index contributed by atoms with van der Waals surface area (Å²) >= 11 is 1.90. The van der Waals surface area contributed by atoms with Gasteiger partial charge in [0.15, 0.2) is 0 Å². The first kappa shape index (κ1) is 42.4. The van der Waals surface area contributed by atoms with Gasteiger partial charge in [0, 0.05) is 37.7 Å². The fraction of sp³-hybridized carbons (Fsp3) is 0.0278. The molecule has 2 nitrogen and oxygen atoms in total. The number of rotatable bonds is 5. The van der Waals surface area contributed by atoms with E-state index in [0.717, 1.165) is 39.7 Å². The Hall–Kier alpha value is -9.15. The molecule has 2 spiro atoms. The Balaban J connectivity index is 0.971. The zero-order chi connectivity index (χ0) is 49.2. The van der Waals surface area contributed by atoms with Crippen LogP contribution in [0, 0.1) is 0 Å². The monoisotopic (exact) mass is 971 g/mol. The van der Waals surface area contributed by atoms with E-state index in [4.69, 9.17) is 4.74 Å². The molecule has 0 saturated carbocycles. The highest BCUT2D eigenvalue weighted by Crippen LogP contribution is 2.65. The van der Waals surface area contributed by atoms with Gasteiger partial charge in [-0.2, -0.15) is 0 Å². The molecule has 0 radical (unpaired) electrons. The number of benzene rings is 12. The van der Waals surface area contributed by atoms with Gasteiger partial charge in [-0.1, -0.05) is 236 Å². The summed E-state index contributed by atoms with van der Waals surface area (Å²) < 4.78 is 7.01. The van der Waals surface area contributed by atoms with Gasteiger partial charge in [0.25, 0.3) is 0 Å². The van der Waals surface area contributed by atoms with Crippen LogP contribution in [-0.4, -0.2) is 0 Å². The van der Waals surface area contributed by atoms with Gasteiger partial charge in [-0.05, 0) is 132 Å². The minimum absolute atomic E-state index is 0.530. The van der Waals surface area contributed by atoms with Crippen molar-refractivity contribution in [3.8, 4) is 56.0 Å². The summed E-state index contributed by atoms with van der Waals surface area (Å²) in [5, 5.41) is 2.37. The average molecular weight is 972 g/mol. The van der Waals surface area contributed by atoms with Gasteiger partial charge in [-0.25, -0.2) is 0 Å². The number of fused-ring (bicyclic) bond motifs is 19. The molecule has 2 aliphatic heterocycles. The van der Waals surface area contributed by atoms with Crippen LogP contribution in [0.15, 0.2) is 283 Å². The first-order valence-corrected chi connectivity index (χ1v) is 26.7. The van der Waals surface area contributed by atoms with Crippen molar-refractivity contribution in [2.75, 3.05) is 4.90 Å². The van der Waals surface area contributed by atoms with Crippen LogP contribution in [0.2, 0.25) is 0 Å². The Bertz CT molecular complexity index is 4240. The SMILES string of the molecule is c1ccc(-c2ccc3c(c2)Sc2cc(N(c4ccc5c(c4)C4(c6ccccc6O5)c5ccccc5-c5ccccc54)c4ccc(-c5ccccc5)c5ccccc45)ccc2C32c3ccccc3-c3ccccc32)cc1. The maximum absolute atomic E-state index is 7.01. The molecule has 4 aliphatic rings. The third kappa shape index (κ3) is 5.87. The minimum Gasteiger partial charge on any atom is -0.457 e. The number of para-hydroxylation sites is 1. The molecule has 12 aromatic rings. The predicted molar refractivity (Wildman–Crippen MR) is 308 cm³/mol. The summed E-state index contributed by atoms with van der Waals surface area (Å²) in [5.41, 5.74) is 22.1. The normalized spacial score (nSPS) is 14.1. The molecule has 2 heterocycles. The first-order valence-electron chi connectivity index (χ1n) is 25.9. The Kier molecular flexibility index (Phi) is 9.14. The van der Waals surface area contributed by atoms with Gasteiger partial charge in [-0.15, -0.1) is 0 Å². The summed E-state index contributed by atoms with van der Waals surface area (Å²) in [7, 11) is 0. The van der Waals surface area contributed by atoms with E-state index in [1.807, 2.05) is 11.8 Å². The van der Waals surface area contributed by atoms with Crippen LogP contribution in [0.1, 0.15) is 44.5 Å². The van der Waals surface area contributed by atoms with Gasteiger partial charge in [0.1, 0.15) is 11.5 Å². The molecule has 0 fully saturated rings. The number of nitrogens with zero attached hydrogens (tertiary/aromatic N) is 1. The fourth-order valence-electron chi connectivity index (χ4n) is 13.6. The molecule has 0 bridgehead atoms. The van der Waals surface area contributed by atoms with Gasteiger partial charge >= 0.3 is 0 Å². The van der Waals surface area contributed by atoms with Crippen molar-refractivity contribution < 1.29 is 4.74 Å². The lowest BCUT2D eigenvalue weighted by Crippen LogP contribution is -2.32. The van der Waals surface area contributed by atoms with Crippen molar-refractivity contribution in [2.45, 2.75) is 20.6 Å². The van der Waals surface area contributed by atoms with E-state index in [0.29, 0.717) is 0 Å². The second-order valence-corrected chi connectivity index (χ2v) is 21.3. The van der Waals surface area contributed by atoms with Crippen molar-refractivity contribution in [3.63, 3.8) is 0 Å². The molecule has 0 aromatic heterocycles. The van der Waals surface area contributed by atoms with Crippen LogP contribution < -0.4 is 9.64 Å². The quantitative estimate of drug-likeness (QED) is 0.171. The van der Waals surface area contributed by atoms with Crippen LogP contribution in [0.3, 0.4) is 0 Å². The molecule has 0 N–H and O–H groups in total. The van der Waals surface area contributed by atoms with Crippen molar-refractivity contribution in [1.29, 1.82) is 0 Å². The predicted octanol–water partition coefficient (Wildman–Crippen LogP) is 18.9. The highest BCUT2D eigenvalue weighted by molar-refractivity contribution is 7.99. The van der Waals surface area contributed by atoms with Gasteiger partial charge in [-0.3, -0.25) is 0 Å². The van der Waals surface area contributed by atoms with E-state index >= 15 is 0 Å². The standard InChI is InChI=1S/C72H45NOS/c1-3-19-46(20-4-1)48-35-39-63-69(43-48)75-70-45-50(36-40-64(70)72(63)60-31-15-11-26-55(60)56-27-12-16-32-61(56)72)73(66-41-38-51(47-21-5-2-6-22-47)52-23-7-8-28-57(52)66)49-37-42-68-65(44-49)71(62-33-17-18-34-67(62)74-68)58-29-13-9-24-53(58)54-25-10-14-30-59(54)71/h1-45H. The maximum Gasteiger partial charge on any atom is 0.132 e. The van der Waals surface area contributed by atoms with Crippen LogP contribution in [0.25, 0.3) is 55.3 Å². The lowest BCUT2D eigenvalue weighted by molar-refractivity contribution is 0.436. The van der Waals surface area contributed by atoms with Crippen LogP contribution >= 0.6 is 11.8 Å². The van der Waals surface area contributed by atoms with E-state index < -0.39 is 10.8 Å². The second kappa shape index (κ2) is 16.2. The van der Waals surface area contributed by atoms with Crippen molar-refractivity contribution in [2.24, 2.45) is 0 Å². The Labute approximate surface area is 440 Å². The summed E-state index contributed by atoms with van der Waals surface area (Å²) in [4.78, 5) is 5.01. The van der Waals surface area contributed by atoms with E-state index in [1.165, 1.54) is 98.5 Å². The van der Waals surface area contributed by atoms with E-state index in [1.54, 1.807) is 0 Å². The molecule has 75 heavy (non-hydrogen) atoms. The zero-order valence-corrected chi connectivity index (χ0v) is 41.6. The summed E-state index contributed by atoms with van der Waals surface area (Å²) in [6.07, 6.45) is 0. The Morgan fingerprint density at radius 1 is 0.280 bits per heavy atom. The van der Waals surface area contributed by atoms with Gasteiger partial charge in [0.2, 0.25) is 0 Å². The summed E-state index contributed by atoms with van der Waals surface area (Å²) in [5.74, 6) is 1.75. The molecule has 0 atom stereocenters. The number of hydrogen-bond acceptors (Lipinski definition) is 3. The van der Waals surface area contributed by atoms with E-state index in [9.17, 15) is 0 Å². The molecule has 350 valence electrons. The number of ether oxygens (including phenoxy) is 1. The average Bonchev–Trinajstić information content (AvgIpc) is 4.14. The topological polar surface area (TPSA) is 12.5 Å². The molecule has 0 amide bonds. The maximum atomic E-state index is 7.01. The Morgan fingerprint density at radius 3 is 1.39 bits per heavy atom. The lowest BCUT2D eigenvalue weighted by atomic mass is 9.66.